The minimum absolute atomic E-state index is 0.192. The first-order chi connectivity index (χ1) is 5.66. The summed E-state index contributed by atoms with van der Waals surface area (Å²) in [6.07, 6.45) is 0. The van der Waals surface area contributed by atoms with E-state index in [1.165, 1.54) is 0 Å². The molecule has 0 spiro atoms. The highest BCUT2D eigenvalue weighted by Gasteiger charge is 2.11. The van der Waals surface area contributed by atoms with E-state index in [0.717, 1.165) is 0 Å². The van der Waals surface area contributed by atoms with Crippen molar-refractivity contribution in [1.29, 1.82) is 0 Å². The van der Waals surface area contributed by atoms with Crippen LogP contribution in [0, 0.1) is 12.1 Å². The zero-order valence-electron chi connectivity index (χ0n) is 7.00. The average molecular weight is 188 g/mol. The molecule has 1 aromatic rings. The Morgan fingerprint density at radius 1 is 1.58 bits per heavy atom. The van der Waals surface area contributed by atoms with Gasteiger partial charge in [0.1, 0.15) is 0 Å². The van der Waals surface area contributed by atoms with Crippen molar-refractivity contribution in [2.24, 2.45) is 0 Å². The number of hydrogen-bond donors (Lipinski definition) is 0. The number of methoxy groups -OCH3 is 1. The van der Waals surface area contributed by atoms with Crippen molar-refractivity contribution >= 4 is 11.6 Å². The van der Waals surface area contributed by atoms with Gasteiger partial charge in [-0.3, -0.25) is 0 Å². The lowest BCUT2D eigenvalue weighted by Gasteiger charge is -2.05. The van der Waals surface area contributed by atoms with E-state index < -0.39 is 0 Å². The van der Waals surface area contributed by atoms with E-state index in [2.05, 4.69) is 0 Å². The molecule has 1 heterocycles. The molecule has 1 rings (SSSR count). The maximum absolute atomic E-state index is 11.2. The number of rotatable bonds is 2. The molecule has 66 valence electrons. The molecule has 0 saturated carbocycles. The van der Waals surface area contributed by atoms with Gasteiger partial charge in [0.15, 0.2) is 5.69 Å². The summed E-state index contributed by atoms with van der Waals surface area (Å²) in [4.78, 5) is 0. The van der Waals surface area contributed by atoms with Crippen molar-refractivity contribution in [1.82, 2.24) is 0 Å². The molecule has 0 amide bonds. The molecule has 12 heavy (non-hydrogen) atoms. The van der Waals surface area contributed by atoms with Crippen LogP contribution in [0.25, 0.3) is 0 Å². The zero-order valence-corrected chi connectivity index (χ0v) is 7.76. The van der Waals surface area contributed by atoms with Crippen LogP contribution >= 0.6 is 11.6 Å². The third-order valence-electron chi connectivity index (χ3n) is 1.59. The number of ether oxygens (including phenoxy) is 1. The molecule has 0 aromatic carbocycles. The molecule has 0 aliphatic heterocycles. The molecule has 0 fully saturated rings. The second kappa shape index (κ2) is 3.74. The van der Waals surface area contributed by atoms with Gasteiger partial charge in [-0.1, -0.05) is 0 Å². The minimum atomic E-state index is 0.192. The van der Waals surface area contributed by atoms with Crippen molar-refractivity contribution in [3.8, 4) is 0 Å². The van der Waals surface area contributed by atoms with E-state index in [-0.39, 0.29) is 5.15 Å². The van der Waals surface area contributed by atoms with Gasteiger partial charge in [-0.25, -0.2) is 0 Å². The molecule has 3 nitrogen and oxygen atoms in total. The molecule has 0 N–H and O–H groups in total. The second-order valence-electron chi connectivity index (χ2n) is 2.52. The summed E-state index contributed by atoms with van der Waals surface area (Å²) in [6.45, 7) is 2.07. The van der Waals surface area contributed by atoms with Gasteiger partial charge in [0.2, 0.25) is 0 Å². The quantitative estimate of drug-likeness (QED) is 0.399. The maximum Gasteiger partial charge on any atom is 0.292 e. The van der Waals surface area contributed by atoms with Crippen LogP contribution in [0.4, 0.5) is 0 Å². The van der Waals surface area contributed by atoms with E-state index in [0.29, 0.717) is 22.6 Å². The first-order valence-electron chi connectivity index (χ1n) is 3.53. The zero-order chi connectivity index (χ0) is 9.14. The normalized spacial score (nSPS) is 10.2. The lowest BCUT2D eigenvalue weighted by Crippen LogP contribution is -2.32. The highest BCUT2D eigenvalue weighted by Crippen LogP contribution is 2.12. The lowest BCUT2D eigenvalue weighted by molar-refractivity contribution is -0.610. The van der Waals surface area contributed by atoms with Crippen molar-refractivity contribution in [3.05, 3.63) is 33.8 Å². The molecule has 0 aliphatic carbocycles. The Bertz CT molecular complexity index is 289. The van der Waals surface area contributed by atoms with E-state index in [1.54, 1.807) is 26.2 Å². The number of pyridine rings is 1. The molecule has 0 atom stereocenters. The summed E-state index contributed by atoms with van der Waals surface area (Å²) in [5, 5.41) is 11.4. The van der Waals surface area contributed by atoms with Crippen LogP contribution in [0.3, 0.4) is 0 Å². The monoisotopic (exact) mass is 187 g/mol. The maximum atomic E-state index is 11.2. The van der Waals surface area contributed by atoms with Gasteiger partial charge in [-0.2, -0.15) is 4.73 Å². The van der Waals surface area contributed by atoms with Crippen LogP contribution in [-0.2, 0) is 11.3 Å². The minimum Gasteiger partial charge on any atom is -0.617 e. The van der Waals surface area contributed by atoms with Crippen LogP contribution in [0.1, 0.15) is 11.3 Å². The summed E-state index contributed by atoms with van der Waals surface area (Å²) >= 11 is 5.75. The van der Waals surface area contributed by atoms with E-state index in [9.17, 15) is 5.21 Å². The largest absolute Gasteiger partial charge is 0.617 e. The molecule has 0 radical (unpaired) electrons. The van der Waals surface area contributed by atoms with Gasteiger partial charge >= 0.3 is 0 Å². The molecule has 4 heteroatoms. The smallest absolute Gasteiger partial charge is 0.292 e. The standard InChI is InChI=1S/C8H10ClNO2/c1-6-3-4-7(5-12-2)8(9)10(6)11/h3-4H,5H2,1-2H3. The predicted molar refractivity (Wildman–Crippen MR) is 45.9 cm³/mol. The molecule has 0 aliphatic rings. The van der Waals surface area contributed by atoms with Gasteiger partial charge in [0, 0.05) is 20.1 Å². The molecule has 0 bridgehead atoms. The van der Waals surface area contributed by atoms with Crippen LogP contribution in [0.15, 0.2) is 12.1 Å². The number of aryl methyl sites for hydroxylation is 1. The number of hydrogen-bond acceptors (Lipinski definition) is 2. The average Bonchev–Trinajstić information content (AvgIpc) is 2.07. The van der Waals surface area contributed by atoms with Gasteiger partial charge in [-0.15, -0.1) is 0 Å². The Hall–Kier alpha value is -0.800. The van der Waals surface area contributed by atoms with Crippen molar-refractivity contribution in [2.75, 3.05) is 7.11 Å². The van der Waals surface area contributed by atoms with Crippen molar-refractivity contribution in [2.45, 2.75) is 13.5 Å². The summed E-state index contributed by atoms with van der Waals surface area (Å²) in [7, 11) is 1.56. The molecular formula is C8H10ClNO2. The van der Waals surface area contributed by atoms with Crippen LogP contribution in [0.2, 0.25) is 5.15 Å². The third kappa shape index (κ3) is 1.68. The molecule has 0 saturated heterocycles. The summed E-state index contributed by atoms with van der Waals surface area (Å²) in [5.41, 5.74) is 1.29. The number of nitrogens with zero attached hydrogens (tertiary/aromatic N) is 1. The molecular weight excluding hydrogens is 178 g/mol. The highest BCUT2D eigenvalue weighted by molar-refractivity contribution is 6.29. The Balaban J connectivity index is 3.08. The Morgan fingerprint density at radius 3 is 2.83 bits per heavy atom. The number of halogens is 1. The van der Waals surface area contributed by atoms with Crippen LogP contribution < -0.4 is 4.73 Å². The number of aromatic nitrogens is 1. The van der Waals surface area contributed by atoms with Gasteiger partial charge < -0.3 is 9.94 Å². The highest BCUT2D eigenvalue weighted by atomic mass is 35.5. The Kier molecular flexibility index (Phi) is 2.89. The van der Waals surface area contributed by atoms with Gasteiger partial charge in [0.05, 0.1) is 12.2 Å². The fraction of sp³-hybridized carbons (Fsp3) is 0.375. The van der Waals surface area contributed by atoms with E-state index in [1.807, 2.05) is 0 Å². The summed E-state index contributed by atoms with van der Waals surface area (Å²) < 4.78 is 5.56. The van der Waals surface area contributed by atoms with Crippen LogP contribution in [0.5, 0.6) is 0 Å². The fourth-order valence-electron chi connectivity index (χ4n) is 0.906. The SMILES string of the molecule is COCc1ccc(C)[n+]([O-])c1Cl. The second-order valence-corrected chi connectivity index (χ2v) is 2.88. The predicted octanol–water partition coefficient (Wildman–Crippen LogP) is 1.43. The third-order valence-corrected chi connectivity index (χ3v) is 1.99. The molecule has 1 aromatic heterocycles. The van der Waals surface area contributed by atoms with E-state index in [4.69, 9.17) is 16.3 Å². The lowest BCUT2D eigenvalue weighted by atomic mass is 10.3. The Labute approximate surface area is 76.1 Å². The first kappa shape index (κ1) is 9.29. The van der Waals surface area contributed by atoms with Crippen LogP contribution in [-0.4, -0.2) is 7.11 Å². The molecule has 0 unspecified atom stereocenters. The first-order valence-corrected chi connectivity index (χ1v) is 3.91. The topological polar surface area (TPSA) is 36.2 Å². The fourth-order valence-corrected chi connectivity index (χ4v) is 1.16. The summed E-state index contributed by atoms with van der Waals surface area (Å²) in [6, 6.07) is 3.50. The van der Waals surface area contributed by atoms with E-state index >= 15 is 0 Å². The van der Waals surface area contributed by atoms with Gasteiger partial charge in [-0.05, 0) is 17.7 Å². The van der Waals surface area contributed by atoms with Gasteiger partial charge in [0.25, 0.3) is 5.15 Å². The summed E-state index contributed by atoms with van der Waals surface area (Å²) in [5.74, 6) is 0. The Morgan fingerprint density at radius 2 is 2.25 bits per heavy atom. The van der Waals surface area contributed by atoms with Crippen molar-refractivity contribution in [3.63, 3.8) is 0 Å². The van der Waals surface area contributed by atoms with Crippen molar-refractivity contribution < 1.29 is 9.47 Å².